The van der Waals surface area contributed by atoms with E-state index in [1.807, 2.05) is 13.8 Å². The van der Waals surface area contributed by atoms with Crippen LogP contribution >= 0.6 is 0 Å². The van der Waals surface area contributed by atoms with Gasteiger partial charge in [0.25, 0.3) is 0 Å². The molecule has 1 unspecified atom stereocenters. The summed E-state index contributed by atoms with van der Waals surface area (Å²) in [6.45, 7) is 4.01. The number of likely N-dealkylation sites (N-methyl/N-ethyl adjacent to an activating group) is 1. The number of rotatable bonds is 8. The van der Waals surface area contributed by atoms with E-state index in [1.54, 1.807) is 25.2 Å². The van der Waals surface area contributed by atoms with E-state index < -0.39 is 12.0 Å². The third-order valence-corrected chi connectivity index (χ3v) is 3.20. The lowest BCUT2D eigenvalue weighted by Crippen LogP contribution is -2.41. The molecule has 0 saturated carbocycles. The maximum absolute atomic E-state index is 12.5. The highest BCUT2D eigenvalue weighted by Crippen LogP contribution is 2.24. The van der Waals surface area contributed by atoms with Crippen LogP contribution in [-0.2, 0) is 4.79 Å². The van der Waals surface area contributed by atoms with Crippen LogP contribution < -0.4 is 10.5 Å². The van der Waals surface area contributed by atoms with E-state index in [-0.39, 0.29) is 12.3 Å². The minimum Gasteiger partial charge on any atom is -0.492 e. The van der Waals surface area contributed by atoms with Crippen molar-refractivity contribution in [3.63, 3.8) is 0 Å². The summed E-state index contributed by atoms with van der Waals surface area (Å²) in [5.74, 6) is -0.563. The number of carbonyl (C=O) groups is 2. The molecule has 1 aromatic carbocycles. The third-order valence-electron chi connectivity index (χ3n) is 3.20. The van der Waals surface area contributed by atoms with E-state index in [1.165, 1.54) is 4.90 Å². The zero-order chi connectivity index (χ0) is 16.0. The maximum Gasteiger partial charge on any atom is 0.317 e. The number of Topliss-reactive ketones (excluding diaryl/α,β-unsaturated/α-hetero) is 1. The van der Waals surface area contributed by atoms with Crippen LogP contribution in [0.5, 0.6) is 5.75 Å². The molecule has 6 heteroatoms. The predicted octanol–water partition coefficient (Wildman–Crippen LogP) is 1.65. The van der Waals surface area contributed by atoms with Gasteiger partial charge in [0, 0.05) is 5.56 Å². The number of carboxylic acid groups (broad SMARTS) is 1. The van der Waals surface area contributed by atoms with Gasteiger partial charge >= 0.3 is 5.97 Å². The first-order valence-electron chi connectivity index (χ1n) is 6.89. The highest BCUT2D eigenvalue weighted by Gasteiger charge is 2.24. The lowest BCUT2D eigenvalue weighted by atomic mass is 10.0. The van der Waals surface area contributed by atoms with Crippen LogP contribution in [0.25, 0.3) is 0 Å². The van der Waals surface area contributed by atoms with Crippen LogP contribution in [0, 0.1) is 0 Å². The monoisotopic (exact) mass is 294 g/mol. The molecular formula is C15H22N2O4. The highest BCUT2D eigenvalue weighted by molar-refractivity contribution is 6.01. The van der Waals surface area contributed by atoms with Gasteiger partial charge in [0.15, 0.2) is 5.78 Å². The Bertz CT molecular complexity index is 516. The van der Waals surface area contributed by atoms with E-state index in [0.29, 0.717) is 30.0 Å². The van der Waals surface area contributed by atoms with Crippen molar-refractivity contribution in [1.82, 2.24) is 4.90 Å². The summed E-state index contributed by atoms with van der Waals surface area (Å²) < 4.78 is 5.33. The first-order chi connectivity index (χ1) is 9.90. The van der Waals surface area contributed by atoms with Crippen molar-refractivity contribution in [2.75, 3.05) is 25.9 Å². The van der Waals surface area contributed by atoms with Crippen LogP contribution in [0.1, 0.15) is 30.6 Å². The largest absolute Gasteiger partial charge is 0.492 e. The molecule has 0 heterocycles. The lowest BCUT2D eigenvalue weighted by molar-refractivity contribution is -0.138. The molecule has 0 saturated heterocycles. The smallest absolute Gasteiger partial charge is 0.317 e. The molecular weight excluding hydrogens is 272 g/mol. The average Bonchev–Trinajstić information content (AvgIpc) is 2.41. The number of hydrogen-bond donors (Lipinski definition) is 2. The average molecular weight is 294 g/mol. The van der Waals surface area contributed by atoms with Crippen LogP contribution in [0.3, 0.4) is 0 Å². The normalized spacial score (nSPS) is 12.2. The Morgan fingerprint density at radius 1 is 1.38 bits per heavy atom. The second-order valence-electron chi connectivity index (χ2n) is 4.78. The van der Waals surface area contributed by atoms with Crippen LogP contribution in [0.4, 0.5) is 5.69 Å². The minimum atomic E-state index is -0.963. The van der Waals surface area contributed by atoms with Crippen LogP contribution in [0.2, 0.25) is 0 Å². The van der Waals surface area contributed by atoms with Crippen molar-refractivity contribution < 1.29 is 19.4 Å². The summed E-state index contributed by atoms with van der Waals surface area (Å²) in [6, 6.07) is 4.40. The van der Waals surface area contributed by atoms with Gasteiger partial charge in [0.1, 0.15) is 5.75 Å². The molecule has 0 aromatic heterocycles. The molecule has 0 aliphatic rings. The van der Waals surface area contributed by atoms with Gasteiger partial charge in [0.2, 0.25) is 0 Å². The summed E-state index contributed by atoms with van der Waals surface area (Å²) >= 11 is 0. The molecule has 0 spiro atoms. The summed E-state index contributed by atoms with van der Waals surface area (Å²) in [5, 5.41) is 8.83. The third kappa shape index (κ3) is 4.46. The minimum absolute atomic E-state index is 0.143. The van der Waals surface area contributed by atoms with Gasteiger partial charge in [-0.2, -0.15) is 0 Å². The quantitative estimate of drug-likeness (QED) is 0.559. The first-order valence-corrected chi connectivity index (χ1v) is 6.89. The number of hydrogen-bond acceptors (Lipinski definition) is 5. The van der Waals surface area contributed by atoms with Gasteiger partial charge in [-0.15, -0.1) is 0 Å². The molecule has 1 atom stereocenters. The summed E-state index contributed by atoms with van der Waals surface area (Å²) in [5.41, 5.74) is 6.72. The van der Waals surface area contributed by atoms with Crippen molar-refractivity contribution in [2.24, 2.45) is 0 Å². The number of carbonyl (C=O) groups excluding carboxylic acids is 1. The number of aliphatic carboxylic acids is 1. The van der Waals surface area contributed by atoms with Gasteiger partial charge in [0.05, 0.1) is 24.9 Å². The number of nitrogen functional groups attached to an aromatic ring is 1. The van der Waals surface area contributed by atoms with Gasteiger partial charge in [-0.05, 0) is 38.6 Å². The number of anilines is 1. The molecule has 0 radical (unpaired) electrons. The molecule has 0 amide bonds. The standard InChI is InChI=1S/C15H22N2O4/c1-4-12(17(3)9-14(18)19)15(20)10-6-7-13(21-5-2)11(16)8-10/h6-8,12H,4-5,9,16H2,1-3H3,(H,18,19). The fourth-order valence-corrected chi connectivity index (χ4v) is 2.20. The van der Waals surface area contributed by atoms with Crippen molar-refractivity contribution in [3.05, 3.63) is 23.8 Å². The molecule has 3 N–H and O–H groups in total. The van der Waals surface area contributed by atoms with Gasteiger partial charge in [-0.25, -0.2) is 0 Å². The zero-order valence-corrected chi connectivity index (χ0v) is 12.6. The lowest BCUT2D eigenvalue weighted by Gasteiger charge is -2.24. The molecule has 0 fully saturated rings. The fraction of sp³-hybridized carbons (Fsp3) is 0.467. The predicted molar refractivity (Wildman–Crippen MR) is 80.7 cm³/mol. The molecule has 0 aliphatic carbocycles. The van der Waals surface area contributed by atoms with E-state index in [4.69, 9.17) is 15.6 Å². The van der Waals surface area contributed by atoms with E-state index in [0.717, 1.165) is 0 Å². The second kappa shape index (κ2) is 7.64. The Balaban J connectivity index is 2.94. The Kier molecular flexibility index (Phi) is 6.17. The molecule has 0 aliphatic heterocycles. The SMILES string of the molecule is CCOc1ccc(C(=O)C(CC)N(C)CC(=O)O)cc1N. The topological polar surface area (TPSA) is 92.9 Å². The molecule has 6 nitrogen and oxygen atoms in total. The van der Waals surface area contributed by atoms with E-state index in [9.17, 15) is 9.59 Å². The fourth-order valence-electron chi connectivity index (χ4n) is 2.20. The van der Waals surface area contributed by atoms with E-state index >= 15 is 0 Å². The van der Waals surface area contributed by atoms with Gasteiger partial charge < -0.3 is 15.6 Å². The highest BCUT2D eigenvalue weighted by atomic mass is 16.5. The maximum atomic E-state index is 12.5. The summed E-state index contributed by atoms with van der Waals surface area (Å²) in [6.07, 6.45) is 0.524. The molecule has 21 heavy (non-hydrogen) atoms. The first kappa shape index (κ1) is 17.0. The number of carboxylic acids is 1. The molecule has 1 rings (SSSR count). The number of ketones is 1. The van der Waals surface area contributed by atoms with E-state index in [2.05, 4.69) is 0 Å². The van der Waals surface area contributed by atoms with Crippen LogP contribution in [0.15, 0.2) is 18.2 Å². The second-order valence-corrected chi connectivity index (χ2v) is 4.78. The number of nitrogens with zero attached hydrogens (tertiary/aromatic N) is 1. The summed E-state index contributed by atoms with van der Waals surface area (Å²) in [7, 11) is 1.62. The molecule has 0 bridgehead atoms. The van der Waals surface area contributed by atoms with Gasteiger partial charge in [-0.1, -0.05) is 6.92 Å². The number of ether oxygens (including phenoxy) is 1. The summed E-state index contributed by atoms with van der Waals surface area (Å²) in [4.78, 5) is 24.8. The molecule has 116 valence electrons. The van der Waals surface area contributed by atoms with Crippen molar-refractivity contribution in [1.29, 1.82) is 0 Å². The van der Waals surface area contributed by atoms with Gasteiger partial charge in [-0.3, -0.25) is 14.5 Å². The number of nitrogens with two attached hydrogens (primary N) is 1. The number of benzene rings is 1. The van der Waals surface area contributed by atoms with Crippen LogP contribution in [-0.4, -0.2) is 48.0 Å². The molecule has 1 aromatic rings. The Labute approximate surface area is 124 Å². The Morgan fingerprint density at radius 2 is 2.05 bits per heavy atom. The van der Waals surface area contributed by atoms with Crippen molar-refractivity contribution in [3.8, 4) is 5.75 Å². The Morgan fingerprint density at radius 3 is 2.52 bits per heavy atom. The zero-order valence-electron chi connectivity index (χ0n) is 12.6. The van der Waals surface area contributed by atoms with Crippen molar-refractivity contribution in [2.45, 2.75) is 26.3 Å². The Hall–Kier alpha value is -2.08. The van der Waals surface area contributed by atoms with Crippen molar-refractivity contribution >= 4 is 17.4 Å².